The van der Waals surface area contributed by atoms with Crippen molar-refractivity contribution in [1.29, 1.82) is 0 Å². The number of aromatic amines is 1. The Morgan fingerprint density at radius 3 is 2.74 bits per heavy atom. The molecular weight excluding hydrogens is 500 g/mol. The lowest BCUT2D eigenvalue weighted by Crippen LogP contribution is -2.39. The molecule has 1 N–H and O–H groups in total. The predicted molar refractivity (Wildman–Crippen MR) is 142 cm³/mol. The fourth-order valence-electron chi connectivity index (χ4n) is 5.59. The molecular formula is C28H34N6O5. The van der Waals surface area contributed by atoms with E-state index in [9.17, 15) is 4.79 Å². The second-order valence-corrected chi connectivity index (χ2v) is 10.1. The van der Waals surface area contributed by atoms with Crippen molar-refractivity contribution in [2.75, 3.05) is 26.4 Å². The van der Waals surface area contributed by atoms with Crippen molar-refractivity contribution >= 4 is 10.9 Å². The number of H-pyrrole nitrogens is 1. The number of ether oxygens (including phenoxy) is 3. The SMILES string of the molecule is CCOc1ccc2[nH]c(=O)c([C@@H](c3nnnn3C[C@@H]3CCCO3)N(Cc3ccco3)C[C@@H]3CCCO3)cc2c1. The van der Waals surface area contributed by atoms with E-state index in [1.165, 1.54) is 0 Å². The number of tetrazole rings is 1. The Morgan fingerprint density at radius 2 is 2.00 bits per heavy atom. The van der Waals surface area contributed by atoms with Crippen LogP contribution in [0.15, 0.2) is 51.9 Å². The molecule has 0 amide bonds. The van der Waals surface area contributed by atoms with Gasteiger partial charge in [-0.15, -0.1) is 5.10 Å². The molecule has 2 fully saturated rings. The number of furan rings is 1. The van der Waals surface area contributed by atoms with Crippen LogP contribution in [0.25, 0.3) is 10.9 Å². The van der Waals surface area contributed by atoms with Gasteiger partial charge < -0.3 is 23.6 Å². The molecule has 3 aromatic heterocycles. The molecule has 0 bridgehead atoms. The van der Waals surface area contributed by atoms with Gasteiger partial charge in [-0.2, -0.15) is 0 Å². The Balaban J connectivity index is 1.47. The third-order valence-electron chi connectivity index (χ3n) is 7.42. The standard InChI is InChI=1S/C28H34N6O5/c1-2-36-20-9-10-25-19(14-20)15-24(28(35)29-25)26(27-30-31-32-34(27)18-23-8-5-13-39-23)33(16-21-6-3-11-37-21)17-22-7-4-12-38-22/h3,6,9-11,14-15,22-23,26H,2,4-5,7-8,12-13,16-18H2,1H3,(H,29,35)/t22-,23-,26-/m0/s1. The highest BCUT2D eigenvalue weighted by atomic mass is 16.5. The largest absolute Gasteiger partial charge is 0.494 e. The maximum atomic E-state index is 13.7. The molecule has 0 unspecified atom stereocenters. The fourth-order valence-corrected chi connectivity index (χ4v) is 5.59. The summed E-state index contributed by atoms with van der Waals surface area (Å²) in [5, 5.41) is 13.7. The Bertz CT molecular complexity index is 1420. The van der Waals surface area contributed by atoms with Crippen LogP contribution in [0.4, 0.5) is 0 Å². The molecule has 39 heavy (non-hydrogen) atoms. The molecule has 0 aliphatic carbocycles. The van der Waals surface area contributed by atoms with Gasteiger partial charge in [0.1, 0.15) is 17.6 Å². The fraction of sp³-hybridized carbons (Fsp3) is 0.500. The molecule has 11 nitrogen and oxygen atoms in total. The normalized spacial score (nSPS) is 20.3. The van der Waals surface area contributed by atoms with E-state index in [0.29, 0.717) is 37.6 Å². The van der Waals surface area contributed by atoms with E-state index in [1.807, 2.05) is 43.3 Å². The highest BCUT2D eigenvalue weighted by Crippen LogP contribution is 2.31. The van der Waals surface area contributed by atoms with Crippen LogP contribution >= 0.6 is 0 Å². The zero-order valence-corrected chi connectivity index (χ0v) is 22.1. The van der Waals surface area contributed by atoms with Crippen molar-refractivity contribution in [3.63, 3.8) is 0 Å². The van der Waals surface area contributed by atoms with Gasteiger partial charge >= 0.3 is 0 Å². The molecule has 6 rings (SSSR count). The maximum Gasteiger partial charge on any atom is 0.253 e. The highest BCUT2D eigenvalue weighted by Gasteiger charge is 2.34. The van der Waals surface area contributed by atoms with Gasteiger partial charge in [-0.25, -0.2) is 4.68 Å². The van der Waals surface area contributed by atoms with E-state index in [4.69, 9.17) is 18.6 Å². The smallest absolute Gasteiger partial charge is 0.253 e. The number of aromatic nitrogens is 5. The van der Waals surface area contributed by atoms with Gasteiger partial charge in [0.05, 0.1) is 38.2 Å². The number of hydrogen-bond acceptors (Lipinski definition) is 9. The average Bonchev–Trinajstić information content (AvgIpc) is 3.75. The monoisotopic (exact) mass is 534 g/mol. The lowest BCUT2D eigenvalue weighted by Gasteiger charge is -2.32. The number of rotatable bonds is 11. The van der Waals surface area contributed by atoms with E-state index in [1.54, 1.807) is 10.9 Å². The van der Waals surface area contributed by atoms with Crippen molar-refractivity contribution in [2.24, 2.45) is 0 Å². The number of hydrogen-bond donors (Lipinski definition) is 1. The van der Waals surface area contributed by atoms with Gasteiger partial charge in [0.2, 0.25) is 0 Å². The van der Waals surface area contributed by atoms with Crippen molar-refractivity contribution in [1.82, 2.24) is 30.1 Å². The third-order valence-corrected chi connectivity index (χ3v) is 7.42. The first-order valence-corrected chi connectivity index (χ1v) is 13.7. The second-order valence-electron chi connectivity index (χ2n) is 10.1. The van der Waals surface area contributed by atoms with Gasteiger partial charge in [0.25, 0.3) is 5.56 Å². The minimum absolute atomic E-state index is 0.0354. The summed E-state index contributed by atoms with van der Waals surface area (Å²) in [5.74, 6) is 2.11. The number of nitrogens with zero attached hydrogens (tertiary/aromatic N) is 5. The summed E-state index contributed by atoms with van der Waals surface area (Å²) in [5.41, 5.74) is 1.09. The van der Waals surface area contributed by atoms with Crippen molar-refractivity contribution in [3.8, 4) is 5.75 Å². The molecule has 0 spiro atoms. The number of pyridine rings is 1. The summed E-state index contributed by atoms with van der Waals surface area (Å²) in [6.45, 7) is 5.55. The first kappa shape index (κ1) is 25.7. The molecule has 206 valence electrons. The summed E-state index contributed by atoms with van der Waals surface area (Å²) in [6, 6.07) is 10.9. The van der Waals surface area contributed by atoms with Crippen LogP contribution in [0.5, 0.6) is 5.75 Å². The molecule has 4 aromatic rings. The minimum Gasteiger partial charge on any atom is -0.494 e. The van der Waals surface area contributed by atoms with Crippen molar-refractivity contribution < 1.29 is 18.6 Å². The molecule has 0 radical (unpaired) electrons. The Labute approximate surface area is 226 Å². The Kier molecular flexibility index (Phi) is 7.71. The average molecular weight is 535 g/mol. The Morgan fingerprint density at radius 1 is 1.15 bits per heavy atom. The van der Waals surface area contributed by atoms with Gasteiger partial charge in [-0.05, 0) is 79.4 Å². The molecule has 2 saturated heterocycles. The molecule has 3 atom stereocenters. The first-order valence-electron chi connectivity index (χ1n) is 13.7. The molecule has 5 heterocycles. The van der Waals surface area contributed by atoms with Crippen LogP contribution in [-0.4, -0.2) is 68.7 Å². The predicted octanol–water partition coefficient (Wildman–Crippen LogP) is 3.46. The lowest BCUT2D eigenvalue weighted by atomic mass is 10.0. The van der Waals surface area contributed by atoms with Crippen LogP contribution in [0, 0.1) is 0 Å². The van der Waals surface area contributed by atoms with Gasteiger partial charge in [0.15, 0.2) is 5.82 Å². The molecule has 2 aliphatic heterocycles. The van der Waals surface area contributed by atoms with Gasteiger partial charge in [-0.3, -0.25) is 9.69 Å². The summed E-state index contributed by atoms with van der Waals surface area (Å²) in [7, 11) is 0. The number of benzene rings is 1. The van der Waals surface area contributed by atoms with E-state index in [-0.39, 0.29) is 17.8 Å². The van der Waals surface area contributed by atoms with Crippen LogP contribution < -0.4 is 10.3 Å². The highest BCUT2D eigenvalue weighted by molar-refractivity contribution is 5.80. The summed E-state index contributed by atoms with van der Waals surface area (Å²) in [4.78, 5) is 19.0. The zero-order valence-electron chi connectivity index (χ0n) is 22.1. The van der Waals surface area contributed by atoms with Crippen molar-refractivity contribution in [2.45, 2.75) is 63.9 Å². The molecule has 2 aliphatic rings. The van der Waals surface area contributed by atoms with Crippen LogP contribution in [0.1, 0.15) is 55.8 Å². The zero-order chi connectivity index (χ0) is 26.6. The van der Waals surface area contributed by atoms with E-state index in [2.05, 4.69) is 25.4 Å². The Hall–Kier alpha value is -3.54. The summed E-state index contributed by atoms with van der Waals surface area (Å²) in [6.07, 6.45) is 5.66. The second kappa shape index (κ2) is 11.7. The molecule has 0 saturated carbocycles. The van der Waals surface area contributed by atoms with Crippen LogP contribution in [0.3, 0.4) is 0 Å². The minimum atomic E-state index is -0.556. The molecule has 11 heteroatoms. The van der Waals surface area contributed by atoms with Crippen LogP contribution in [-0.2, 0) is 22.6 Å². The van der Waals surface area contributed by atoms with E-state index in [0.717, 1.165) is 61.3 Å². The van der Waals surface area contributed by atoms with Crippen molar-refractivity contribution in [3.05, 3.63) is 70.2 Å². The quantitative estimate of drug-likeness (QED) is 0.308. The molecule has 1 aromatic carbocycles. The number of nitrogens with one attached hydrogen (secondary N) is 1. The third kappa shape index (κ3) is 5.75. The first-order chi connectivity index (χ1) is 19.2. The lowest BCUT2D eigenvalue weighted by molar-refractivity contribution is 0.0528. The summed E-state index contributed by atoms with van der Waals surface area (Å²) < 4.78 is 25.2. The van der Waals surface area contributed by atoms with Crippen LogP contribution in [0.2, 0.25) is 0 Å². The number of fused-ring (bicyclic) bond motifs is 1. The van der Waals surface area contributed by atoms with Gasteiger partial charge in [-0.1, -0.05) is 0 Å². The van der Waals surface area contributed by atoms with E-state index < -0.39 is 6.04 Å². The van der Waals surface area contributed by atoms with Gasteiger partial charge in [0, 0.05) is 36.2 Å². The summed E-state index contributed by atoms with van der Waals surface area (Å²) >= 11 is 0. The topological polar surface area (TPSA) is 121 Å². The maximum absolute atomic E-state index is 13.7. The van der Waals surface area contributed by atoms with E-state index >= 15 is 0 Å².